The predicted octanol–water partition coefficient (Wildman–Crippen LogP) is 3.30. The van der Waals surface area contributed by atoms with Crippen LogP contribution < -0.4 is 10.6 Å². The Morgan fingerprint density at radius 3 is 2.69 bits per heavy atom. The van der Waals surface area contributed by atoms with E-state index in [0.717, 1.165) is 11.3 Å². The van der Waals surface area contributed by atoms with E-state index in [4.69, 9.17) is 23.2 Å². The molecule has 3 rings (SSSR count). The van der Waals surface area contributed by atoms with Gasteiger partial charge >= 0.3 is 0 Å². The fourth-order valence-corrected chi connectivity index (χ4v) is 3.72. The summed E-state index contributed by atoms with van der Waals surface area (Å²) >= 11 is 12.7. The van der Waals surface area contributed by atoms with Crippen molar-refractivity contribution in [2.75, 3.05) is 11.9 Å². The zero-order chi connectivity index (χ0) is 19.4. The van der Waals surface area contributed by atoms with E-state index in [2.05, 4.69) is 15.6 Å². The molecule has 2 amide bonds. The van der Waals surface area contributed by atoms with E-state index in [1.165, 1.54) is 6.92 Å². The lowest BCUT2D eigenvalue weighted by Gasteiger charge is -2.22. The Hall–Kier alpha value is -1.76. The van der Waals surface area contributed by atoms with Gasteiger partial charge in [0.15, 0.2) is 0 Å². The van der Waals surface area contributed by atoms with Crippen molar-refractivity contribution in [2.24, 2.45) is 0 Å². The second kappa shape index (κ2) is 6.44. The van der Waals surface area contributed by atoms with E-state index >= 15 is 0 Å². The number of carbonyl (C=O) groups excluding carboxylic acids is 2. The van der Waals surface area contributed by atoms with Gasteiger partial charge in [0.25, 0.3) is 5.91 Å². The number of benzene rings is 1. The van der Waals surface area contributed by atoms with E-state index < -0.39 is 17.9 Å². The highest BCUT2D eigenvalue weighted by atomic mass is 35.5. The van der Waals surface area contributed by atoms with Gasteiger partial charge in [0, 0.05) is 23.0 Å². The summed E-state index contributed by atoms with van der Waals surface area (Å²) < 4.78 is 0. The van der Waals surface area contributed by atoms with Crippen LogP contribution in [0.4, 0.5) is 5.69 Å². The largest absolute Gasteiger partial charge is 0.384 e. The number of hydrogen-bond acceptors (Lipinski definition) is 3. The van der Waals surface area contributed by atoms with Gasteiger partial charge in [0.2, 0.25) is 5.91 Å². The molecule has 0 saturated carbocycles. The minimum atomic E-state index is -1.19. The Bertz CT molecular complexity index is 918. The first-order valence-electron chi connectivity index (χ1n) is 8.35. The van der Waals surface area contributed by atoms with Gasteiger partial charge < -0.3 is 20.7 Å². The molecule has 0 fully saturated rings. The number of H-pyrrole nitrogens is 1. The van der Waals surface area contributed by atoms with Gasteiger partial charge in [0.1, 0.15) is 6.10 Å². The number of anilines is 1. The number of aromatic nitrogens is 1. The third kappa shape index (κ3) is 2.96. The molecular formula is C18H21Cl2N3O3. The normalized spacial score (nSPS) is 20.3. The molecule has 1 aromatic heterocycles. The summed E-state index contributed by atoms with van der Waals surface area (Å²) in [6.07, 6.45) is -1.19. The third-order valence-corrected chi connectivity index (χ3v) is 5.64. The molecule has 0 radical (unpaired) electrons. The summed E-state index contributed by atoms with van der Waals surface area (Å²) in [5.41, 5.74) is 2.26. The van der Waals surface area contributed by atoms with Gasteiger partial charge in [0.05, 0.1) is 27.2 Å². The van der Waals surface area contributed by atoms with E-state index in [0.29, 0.717) is 28.2 Å². The number of carbonyl (C=O) groups is 2. The fraction of sp³-hybridized carbons (Fsp3) is 0.444. The topological polar surface area (TPSA) is 94.2 Å². The van der Waals surface area contributed by atoms with Crippen LogP contribution in [0.3, 0.4) is 0 Å². The van der Waals surface area contributed by atoms with Crippen molar-refractivity contribution in [2.45, 2.75) is 45.1 Å². The number of aromatic amines is 1. The molecule has 4 N–H and O–H groups in total. The first-order chi connectivity index (χ1) is 12.0. The Morgan fingerprint density at radius 2 is 2.08 bits per heavy atom. The second-order valence-corrected chi connectivity index (χ2v) is 8.16. The number of halogens is 2. The number of fused-ring (bicyclic) bond motifs is 3. The Balaban J connectivity index is 2.37. The zero-order valence-corrected chi connectivity index (χ0v) is 16.5. The Labute approximate surface area is 161 Å². The van der Waals surface area contributed by atoms with Gasteiger partial charge in [-0.1, -0.05) is 37.0 Å². The van der Waals surface area contributed by atoms with Crippen LogP contribution in [0.15, 0.2) is 6.07 Å². The fourth-order valence-electron chi connectivity index (χ4n) is 3.32. The molecule has 1 aliphatic rings. The molecular weight excluding hydrogens is 377 g/mol. The molecule has 0 spiro atoms. The van der Waals surface area contributed by atoms with Crippen LogP contribution in [-0.2, 0) is 15.0 Å². The quantitative estimate of drug-likeness (QED) is 0.625. The first kappa shape index (κ1) is 19.0. The third-order valence-electron chi connectivity index (χ3n) is 4.85. The standard InChI is InChI=1S/C18H21Cl2N3O3/c1-7-11-12-10(22-17(26)8(2)24)5-9(19)13(20)14(12)23-15(11)18(3,4)6-21-16(7)25/h5,7-8,23-24H,6H2,1-4H3,(H,21,25)(H,22,26). The molecule has 1 aliphatic heterocycles. The van der Waals surface area contributed by atoms with Crippen molar-refractivity contribution >= 4 is 51.6 Å². The summed E-state index contributed by atoms with van der Waals surface area (Å²) in [6, 6.07) is 1.54. The average Bonchev–Trinajstić information content (AvgIpc) is 2.95. The number of aliphatic hydroxyl groups is 1. The molecule has 8 heteroatoms. The lowest BCUT2D eigenvalue weighted by molar-refractivity contribution is -0.123. The molecule has 2 unspecified atom stereocenters. The number of amides is 2. The molecule has 140 valence electrons. The zero-order valence-electron chi connectivity index (χ0n) is 15.0. The number of aliphatic hydroxyl groups excluding tert-OH is 1. The van der Waals surface area contributed by atoms with Gasteiger partial charge in [-0.25, -0.2) is 0 Å². The van der Waals surface area contributed by atoms with E-state index in [1.807, 2.05) is 20.8 Å². The molecule has 2 aromatic rings. The van der Waals surface area contributed by atoms with Crippen LogP contribution >= 0.6 is 23.2 Å². The van der Waals surface area contributed by atoms with Crippen LogP contribution in [0.5, 0.6) is 0 Å². The summed E-state index contributed by atoms with van der Waals surface area (Å²) in [5.74, 6) is -1.11. The SMILES string of the molecule is CC(O)C(=O)Nc1cc(Cl)c(Cl)c2[nH]c3c(c12)C(C)C(=O)NCC3(C)C. The van der Waals surface area contributed by atoms with Crippen LogP contribution in [0.1, 0.15) is 44.9 Å². The summed E-state index contributed by atoms with van der Waals surface area (Å²) in [4.78, 5) is 27.9. The minimum absolute atomic E-state index is 0.100. The van der Waals surface area contributed by atoms with Crippen LogP contribution in [0.2, 0.25) is 10.0 Å². The van der Waals surface area contributed by atoms with Crippen LogP contribution in [0.25, 0.3) is 10.9 Å². The van der Waals surface area contributed by atoms with Crippen molar-refractivity contribution in [1.82, 2.24) is 10.3 Å². The monoisotopic (exact) mass is 397 g/mol. The molecule has 1 aromatic carbocycles. The van der Waals surface area contributed by atoms with E-state index in [9.17, 15) is 14.7 Å². The van der Waals surface area contributed by atoms with Gasteiger partial charge in [-0.2, -0.15) is 0 Å². The van der Waals surface area contributed by atoms with Gasteiger partial charge in [-0.15, -0.1) is 0 Å². The maximum Gasteiger partial charge on any atom is 0.252 e. The first-order valence-corrected chi connectivity index (χ1v) is 9.11. The molecule has 0 aliphatic carbocycles. The lowest BCUT2D eigenvalue weighted by atomic mass is 9.84. The van der Waals surface area contributed by atoms with E-state index in [1.54, 1.807) is 6.07 Å². The molecule has 0 saturated heterocycles. The smallest absolute Gasteiger partial charge is 0.252 e. The summed E-state index contributed by atoms with van der Waals surface area (Å²) in [6.45, 7) is 7.69. The molecule has 2 heterocycles. The Kier molecular flexibility index (Phi) is 4.71. The summed E-state index contributed by atoms with van der Waals surface area (Å²) in [7, 11) is 0. The maximum absolute atomic E-state index is 12.5. The van der Waals surface area contributed by atoms with Crippen LogP contribution in [0, 0.1) is 0 Å². The average molecular weight is 398 g/mol. The second-order valence-electron chi connectivity index (χ2n) is 7.37. The molecule has 26 heavy (non-hydrogen) atoms. The number of rotatable bonds is 2. The van der Waals surface area contributed by atoms with Crippen LogP contribution in [-0.4, -0.2) is 34.6 Å². The molecule has 2 atom stereocenters. The van der Waals surface area contributed by atoms with Gasteiger partial charge in [-0.05, 0) is 25.5 Å². The van der Waals surface area contributed by atoms with Crippen molar-refractivity contribution in [3.05, 3.63) is 27.4 Å². The van der Waals surface area contributed by atoms with E-state index in [-0.39, 0.29) is 16.3 Å². The van der Waals surface area contributed by atoms with Crippen molar-refractivity contribution < 1.29 is 14.7 Å². The Morgan fingerprint density at radius 1 is 1.42 bits per heavy atom. The molecule has 0 bridgehead atoms. The lowest BCUT2D eigenvalue weighted by Crippen LogP contribution is -2.35. The van der Waals surface area contributed by atoms with Crippen molar-refractivity contribution in [3.8, 4) is 0 Å². The summed E-state index contributed by atoms with van der Waals surface area (Å²) in [5, 5.41) is 16.4. The number of nitrogens with one attached hydrogen (secondary N) is 3. The van der Waals surface area contributed by atoms with Gasteiger partial charge in [-0.3, -0.25) is 9.59 Å². The minimum Gasteiger partial charge on any atom is -0.384 e. The molecule has 6 nitrogen and oxygen atoms in total. The maximum atomic E-state index is 12.5. The highest BCUT2D eigenvalue weighted by Gasteiger charge is 2.37. The highest BCUT2D eigenvalue weighted by molar-refractivity contribution is 6.46. The highest BCUT2D eigenvalue weighted by Crippen LogP contribution is 2.45. The number of hydrogen-bond donors (Lipinski definition) is 4. The predicted molar refractivity (Wildman–Crippen MR) is 103 cm³/mol. The van der Waals surface area contributed by atoms with Crippen molar-refractivity contribution in [3.63, 3.8) is 0 Å². The van der Waals surface area contributed by atoms with Crippen molar-refractivity contribution in [1.29, 1.82) is 0 Å².